The third kappa shape index (κ3) is 7.12. The molecule has 0 aliphatic carbocycles. The van der Waals surface area contributed by atoms with Crippen molar-refractivity contribution in [3.05, 3.63) is 48.3 Å². The van der Waals surface area contributed by atoms with Crippen LogP contribution in [0.15, 0.2) is 42.7 Å². The van der Waals surface area contributed by atoms with Crippen LogP contribution in [-0.4, -0.2) is 90.9 Å². The largest absolute Gasteiger partial charge is 0.444 e. The van der Waals surface area contributed by atoms with Crippen molar-refractivity contribution in [1.29, 1.82) is 0 Å². The van der Waals surface area contributed by atoms with Crippen molar-refractivity contribution in [2.24, 2.45) is 0 Å². The smallest absolute Gasteiger partial charge is 0.430 e. The van der Waals surface area contributed by atoms with Gasteiger partial charge >= 0.3 is 18.4 Å². The molecule has 0 bridgehead atoms. The van der Waals surface area contributed by atoms with E-state index in [9.17, 15) is 44.7 Å². The second kappa shape index (κ2) is 11.2. The number of sulfonamides is 1. The second-order valence-corrected chi connectivity index (χ2v) is 12.3. The van der Waals surface area contributed by atoms with Gasteiger partial charge in [-0.25, -0.2) is 23.2 Å². The van der Waals surface area contributed by atoms with Crippen molar-refractivity contribution < 1.29 is 49.4 Å². The predicted molar refractivity (Wildman–Crippen MR) is 136 cm³/mol. The quantitative estimate of drug-likeness (QED) is 0.491. The number of aliphatic hydroxyl groups is 1. The number of ether oxygens (including phenoxy) is 1. The van der Waals surface area contributed by atoms with Crippen LogP contribution in [0.1, 0.15) is 26.3 Å². The highest BCUT2D eigenvalue weighted by molar-refractivity contribution is 7.92. The van der Waals surface area contributed by atoms with E-state index in [0.29, 0.717) is 0 Å². The minimum absolute atomic E-state index is 0.00419. The molecule has 1 aromatic heterocycles. The van der Waals surface area contributed by atoms with Gasteiger partial charge in [0.2, 0.25) is 16.0 Å². The zero-order valence-electron chi connectivity index (χ0n) is 22.4. The predicted octanol–water partition coefficient (Wildman–Crippen LogP) is 3.68. The normalized spacial score (nSPS) is 17.4. The molecule has 0 radical (unpaired) electrons. The number of halogens is 6. The van der Waals surface area contributed by atoms with Gasteiger partial charge < -0.3 is 19.6 Å². The fourth-order valence-electron chi connectivity index (χ4n) is 4.13. The van der Waals surface area contributed by atoms with E-state index in [0.717, 1.165) is 10.6 Å². The van der Waals surface area contributed by atoms with Crippen molar-refractivity contribution in [2.75, 3.05) is 41.6 Å². The van der Waals surface area contributed by atoms with Gasteiger partial charge in [-0.2, -0.15) is 26.3 Å². The van der Waals surface area contributed by atoms with Gasteiger partial charge in [0.1, 0.15) is 5.60 Å². The maximum atomic E-state index is 13.3. The van der Waals surface area contributed by atoms with Gasteiger partial charge in [-0.05, 0) is 32.9 Å². The number of anilines is 2. The minimum Gasteiger partial charge on any atom is -0.444 e. The average Bonchev–Trinajstić information content (AvgIpc) is 2.84. The number of aromatic nitrogens is 2. The maximum absolute atomic E-state index is 13.3. The summed E-state index contributed by atoms with van der Waals surface area (Å²) >= 11 is 0. The van der Waals surface area contributed by atoms with Crippen LogP contribution in [0.5, 0.6) is 0 Å². The average molecular weight is 614 g/mol. The lowest BCUT2D eigenvalue weighted by molar-refractivity contribution is -0.376. The summed E-state index contributed by atoms with van der Waals surface area (Å²) in [6.07, 6.45) is -11.6. The zero-order valence-corrected chi connectivity index (χ0v) is 23.3. The molecule has 1 atom stereocenters. The summed E-state index contributed by atoms with van der Waals surface area (Å²) in [5.74, 6) is -0.337. The number of carbonyl (C=O) groups excluding carboxylic acids is 1. The molecule has 228 valence electrons. The van der Waals surface area contributed by atoms with Gasteiger partial charge in [0.05, 0.1) is 24.5 Å². The number of hydrogen-bond donors (Lipinski definition) is 1. The van der Waals surface area contributed by atoms with Crippen LogP contribution >= 0.6 is 0 Å². The number of piperazine rings is 1. The Hall–Kier alpha value is -3.34. The molecule has 1 saturated heterocycles. The number of alkyl halides is 6. The molecule has 17 heteroatoms. The first-order chi connectivity index (χ1) is 18.6. The molecule has 2 aromatic rings. The number of amides is 1. The number of rotatable bonds is 6. The molecule has 1 unspecified atom stereocenters. The van der Waals surface area contributed by atoms with E-state index in [1.165, 1.54) is 21.9 Å². The van der Waals surface area contributed by atoms with E-state index in [1.807, 2.05) is 0 Å². The highest BCUT2D eigenvalue weighted by atomic mass is 32.2. The van der Waals surface area contributed by atoms with E-state index in [1.54, 1.807) is 39.0 Å². The lowest BCUT2D eigenvalue weighted by atomic mass is 9.95. The van der Waals surface area contributed by atoms with Crippen molar-refractivity contribution in [1.82, 2.24) is 14.9 Å². The molecule has 0 spiro atoms. The Kier molecular flexibility index (Phi) is 8.75. The number of para-hydroxylation sites is 1. The minimum atomic E-state index is -6.12. The Morgan fingerprint density at radius 3 is 2.02 bits per heavy atom. The van der Waals surface area contributed by atoms with E-state index in [2.05, 4.69) is 9.97 Å². The van der Waals surface area contributed by atoms with Gasteiger partial charge in [-0.3, -0.25) is 4.31 Å². The lowest BCUT2D eigenvalue weighted by Crippen LogP contribution is -2.60. The molecule has 1 fully saturated rings. The van der Waals surface area contributed by atoms with Crippen LogP contribution in [0.4, 0.5) is 42.8 Å². The van der Waals surface area contributed by atoms with Gasteiger partial charge in [0.25, 0.3) is 5.60 Å². The molecule has 10 nitrogen and oxygen atoms in total. The number of carbonyl (C=O) groups is 1. The molecule has 1 amide bonds. The Labute approximate surface area is 232 Å². The van der Waals surface area contributed by atoms with Crippen LogP contribution in [0.2, 0.25) is 0 Å². The molecule has 2 heterocycles. The number of benzene rings is 1. The zero-order chi connectivity index (χ0) is 31.0. The SMILES string of the molecule is CC(C)(C)OC(=O)N1CCN(c2ncc(C(O)(C(F)(F)F)C(F)(F)F)cn2)C(CN(c2ccccc2)S(C)(=O)=O)C1. The second-order valence-electron chi connectivity index (χ2n) is 10.4. The molecule has 1 aliphatic rings. The molecule has 41 heavy (non-hydrogen) atoms. The third-order valence-corrected chi connectivity index (χ3v) is 7.25. The van der Waals surface area contributed by atoms with Crippen LogP contribution in [0.3, 0.4) is 0 Å². The van der Waals surface area contributed by atoms with E-state index in [-0.39, 0.29) is 50.2 Å². The van der Waals surface area contributed by atoms with E-state index < -0.39 is 51.3 Å². The summed E-state index contributed by atoms with van der Waals surface area (Å²) in [5.41, 5.74) is -7.43. The van der Waals surface area contributed by atoms with Gasteiger partial charge in [-0.1, -0.05) is 18.2 Å². The molecular weight excluding hydrogens is 584 g/mol. The molecule has 1 aliphatic heterocycles. The summed E-state index contributed by atoms with van der Waals surface area (Å²) in [4.78, 5) is 22.8. The maximum Gasteiger partial charge on any atom is 0.430 e. The van der Waals surface area contributed by atoms with Crippen LogP contribution in [0, 0.1) is 0 Å². The van der Waals surface area contributed by atoms with E-state index in [4.69, 9.17) is 4.74 Å². The number of nitrogens with zero attached hydrogens (tertiary/aromatic N) is 5. The summed E-state index contributed by atoms with van der Waals surface area (Å²) in [5, 5.41) is 9.66. The topological polar surface area (TPSA) is 116 Å². The Morgan fingerprint density at radius 2 is 1.56 bits per heavy atom. The highest BCUT2D eigenvalue weighted by Crippen LogP contribution is 2.49. The first kappa shape index (κ1) is 32.2. The van der Waals surface area contributed by atoms with Crippen LogP contribution in [-0.2, 0) is 20.4 Å². The monoisotopic (exact) mass is 613 g/mol. The third-order valence-electron chi connectivity index (χ3n) is 6.09. The first-order valence-electron chi connectivity index (χ1n) is 12.1. The molecule has 3 rings (SSSR count). The Morgan fingerprint density at radius 1 is 1.02 bits per heavy atom. The fraction of sp³-hybridized carbons (Fsp3) is 0.542. The molecule has 0 saturated carbocycles. The summed E-state index contributed by atoms with van der Waals surface area (Å²) in [7, 11) is -3.90. The lowest BCUT2D eigenvalue weighted by Gasteiger charge is -2.43. The highest BCUT2D eigenvalue weighted by Gasteiger charge is 2.71. The molecule has 1 aromatic carbocycles. The van der Waals surface area contributed by atoms with E-state index >= 15 is 0 Å². The number of hydrogen-bond acceptors (Lipinski definition) is 8. The van der Waals surface area contributed by atoms with Crippen LogP contribution < -0.4 is 9.21 Å². The summed E-state index contributed by atoms with van der Waals surface area (Å²) < 4.78 is 112. The van der Waals surface area contributed by atoms with Crippen molar-refractivity contribution in [2.45, 2.75) is 50.4 Å². The fourth-order valence-corrected chi connectivity index (χ4v) is 5.08. The van der Waals surface area contributed by atoms with Crippen molar-refractivity contribution >= 4 is 27.8 Å². The van der Waals surface area contributed by atoms with Gasteiger partial charge in [-0.15, -0.1) is 0 Å². The van der Waals surface area contributed by atoms with Crippen molar-refractivity contribution in [3.8, 4) is 0 Å². The Balaban J connectivity index is 2.01. The molecule has 1 N–H and O–H groups in total. The summed E-state index contributed by atoms with van der Waals surface area (Å²) in [6.45, 7) is 4.44. The molecular formula is C24H29F6N5O5S. The first-order valence-corrected chi connectivity index (χ1v) is 14.0. The standard InChI is InChI=1S/C24H29F6N5O5S/c1-21(2,3)40-20(36)33-10-11-34(18(14-33)15-35(41(4,38)39)17-8-6-5-7-9-17)19-31-12-16(13-32-19)22(37,23(25,26)27)24(28,29)30/h5-9,12-13,18,37H,10-11,14-15H2,1-4H3. The Bertz CT molecular complexity index is 1300. The van der Waals surface area contributed by atoms with Crippen LogP contribution in [0.25, 0.3) is 0 Å². The summed E-state index contributed by atoms with van der Waals surface area (Å²) in [6, 6.07) is 7.01. The van der Waals surface area contributed by atoms with Gasteiger partial charge in [0.15, 0.2) is 0 Å². The van der Waals surface area contributed by atoms with Gasteiger partial charge in [0, 0.05) is 37.6 Å². The van der Waals surface area contributed by atoms with Crippen molar-refractivity contribution in [3.63, 3.8) is 0 Å².